The Kier molecular flexibility index (Phi) is 7.35. The number of hydrogen-bond donors (Lipinski definition) is 1. The molecule has 1 N–H and O–H groups in total. The average Bonchev–Trinajstić information content (AvgIpc) is 2.87. The number of fused-ring (bicyclic) bond motifs is 1. The Morgan fingerprint density at radius 2 is 1.94 bits per heavy atom. The van der Waals surface area contributed by atoms with Gasteiger partial charge in [0, 0.05) is 18.6 Å². The number of aliphatic imine (C=N–C) groups is 1. The summed E-state index contributed by atoms with van der Waals surface area (Å²) in [6, 6.07) is 0. The third-order valence-corrected chi connectivity index (χ3v) is 2.04. The van der Waals surface area contributed by atoms with E-state index in [0.29, 0.717) is 11.5 Å². The molecule has 18 heavy (non-hydrogen) atoms. The highest BCUT2D eigenvalue weighted by Crippen LogP contribution is 2.12. The van der Waals surface area contributed by atoms with Crippen LogP contribution in [0.2, 0.25) is 0 Å². The lowest BCUT2D eigenvalue weighted by Crippen LogP contribution is -2.11. The van der Waals surface area contributed by atoms with E-state index in [-0.39, 0.29) is 5.56 Å². The molecule has 2 rings (SSSR count). The van der Waals surface area contributed by atoms with Gasteiger partial charge in [-0.05, 0) is 13.8 Å². The Bertz CT molecular complexity index is 552. The molecule has 0 aliphatic heterocycles. The molecule has 0 amide bonds. The summed E-state index contributed by atoms with van der Waals surface area (Å²) in [6.07, 6.45) is 5.02. The molecule has 2 aromatic heterocycles. The maximum atomic E-state index is 11.5. The molecule has 0 aromatic carbocycles. The third-order valence-electron chi connectivity index (χ3n) is 2.04. The highest BCUT2D eigenvalue weighted by molar-refractivity contribution is 5.61. The van der Waals surface area contributed by atoms with Gasteiger partial charge in [-0.1, -0.05) is 27.7 Å². The molecule has 2 heterocycles. The van der Waals surface area contributed by atoms with Crippen LogP contribution in [0.5, 0.6) is 0 Å². The molecule has 0 fully saturated rings. The summed E-state index contributed by atoms with van der Waals surface area (Å²) in [5, 5.41) is 0. The maximum absolute atomic E-state index is 11.5. The van der Waals surface area contributed by atoms with E-state index in [0.717, 1.165) is 5.69 Å². The highest BCUT2D eigenvalue weighted by Gasteiger charge is 2.06. The fourth-order valence-electron chi connectivity index (χ4n) is 1.39. The number of aryl methyl sites for hydroxylation is 1. The molecule has 0 radical (unpaired) electrons. The van der Waals surface area contributed by atoms with Gasteiger partial charge in [0.05, 0.1) is 5.69 Å². The first-order valence-electron chi connectivity index (χ1n) is 6.28. The smallest absolute Gasteiger partial charge is 0.278 e. The molecular formula is C13H22N4O. The van der Waals surface area contributed by atoms with Crippen molar-refractivity contribution in [1.29, 1.82) is 0 Å². The van der Waals surface area contributed by atoms with Crippen molar-refractivity contribution >= 4 is 17.7 Å². The van der Waals surface area contributed by atoms with Crippen molar-refractivity contribution in [3.05, 3.63) is 28.4 Å². The van der Waals surface area contributed by atoms with Crippen LogP contribution in [0.1, 0.15) is 40.3 Å². The van der Waals surface area contributed by atoms with E-state index in [2.05, 4.69) is 15.0 Å². The van der Waals surface area contributed by atoms with E-state index in [9.17, 15) is 4.79 Å². The van der Waals surface area contributed by atoms with E-state index in [4.69, 9.17) is 0 Å². The number of rotatable bonds is 1. The molecule has 5 nitrogen and oxygen atoms in total. The molecule has 5 heteroatoms. The van der Waals surface area contributed by atoms with Crippen molar-refractivity contribution in [1.82, 2.24) is 14.4 Å². The standard InChI is InChI=1S/C9H10N4O.2C2H6/c1-3-10-7-6(2)13-5-4-11-9(13)12-8(7)14;2*1-2/h3-5H,1-2H3,(H,11,12,14);2*1-2H3. The van der Waals surface area contributed by atoms with Crippen LogP contribution in [0.25, 0.3) is 5.78 Å². The van der Waals surface area contributed by atoms with Crippen LogP contribution in [-0.2, 0) is 0 Å². The Morgan fingerprint density at radius 1 is 1.33 bits per heavy atom. The van der Waals surface area contributed by atoms with E-state index in [1.807, 2.05) is 34.6 Å². The minimum absolute atomic E-state index is 0.209. The molecule has 100 valence electrons. The number of nitrogens with zero attached hydrogens (tertiary/aromatic N) is 3. The van der Waals surface area contributed by atoms with Crippen molar-refractivity contribution < 1.29 is 0 Å². The quantitative estimate of drug-likeness (QED) is 0.790. The first kappa shape index (κ1) is 16.1. The number of aromatic nitrogens is 3. The number of imidazole rings is 1. The number of hydrogen-bond acceptors (Lipinski definition) is 3. The molecule has 0 unspecified atom stereocenters. The summed E-state index contributed by atoms with van der Waals surface area (Å²) in [4.78, 5) is 22.2. The highest BCUT2D eigenvalue weighted by atomic mass is 16.1. The van der Waals surface area contributed by atoms with E-state index in [1.165, 1.54) is 0 Å². The van der Waals surface area contributed by atoms with Crippen LogP contribution in [0, 0.1) is 6.92 Å². The van der Waals surface area contributed by atoms with Crippen LogP contribution in [0.15, 0.2) is 22.2 Å². The maximum Gasteiger partial charge on any atom is 0.278 e. The SMILES string of the molecule is CC.CC.CC=Nc1c(C)n2ccnc2[nH]c1=O. The normalized spacial score (nSPS) is 9.67. The Labute approximate surface area is 108 Å². The minimum Gasteiger partial charge on any atom is -0.290 e. The lowest BCUT2D eigenvalue weighted by atomic mass is 10.3. The fraction of sp³-hybridized carbons (Fsp3) is 0.462. The largest absolute Gasteiger partial charge is 0.290 e. The van der Waals surface area contributed by atoms with E-state index in [1.54, 1.807) is 29.9 Å². The summed E-state index contributed by atoms with van der Waals surface area (Å²) in [5.41, 5.74) is 1.01. The van der Waals surface area contributed by atoms with Crippen molar-refractivity contribution in [2.45, 2.75) is 41.5 Å². The zero-order valence-corrected chi connectivity index (χ0v) is 12.0. The Hall–Kier alpha value is -1.91. The Morgan fingerprint density at radius 3 is 2.50 bits per heavy atom. The predicted molar refractivity (Wildman–Crippen MR) is 77.1 cm³/mol. The van der Waals surface area contributed by atoms with Gasteiger partial charge < -0.3 is 0 Å². The summed E-state index contributed by atoms with van der Waals surface area (Å²) < 4.78 is 1.80. The monoisotopic (exact) mass is 250 g/mol. The lowest BCUT2D eigenvalue weighted by molar-refractivity contribution is 1.01. The van der Waals surface area contributed by atoms with Gasteiger partial charge in [0.2, 0.25) is 5.78 Å². The van der Waals surface area contributed by atoms with E-state index < -0.39 is 0 Å². The molecule has 0 spiro atoms. The average molecular weight is 250 g/mol. The van der Waals surface area contributed by atoms with Crippen molar-refractivity contribution in [2.24, 2.45) is 4.99 Å². The van der Waals surface area contributed by atoms with Crippen LogP contribution < -0.4 is 5.56 Å². The molecule has 0 aliphatic rings. The lowest BCUT2D eigenvalue weighted by Gasteiger charge is -2.01. The van der Waals surface area contributed by atoms with Crippen molar-refractivity contribution in [3.63, 3.8) is 0 Å². The van der Waals surface area contributed by atoms with Gasteiger partial charge in [0.1, 0.15) is 5.69 Å². The number of H-pyrrole nitrogens is 1. The van der Waals surface area contributed by atoms with Crippen molar-refractivity contribution in [3.8, 4) is 0 Å². The van der Waals surface area contributed by atoms with Crippen molar-refractivity contribution in [2.75, 3.05) is 0 Å². The second-order valence-electron chi connectivity index (χ2n) is 2.90. The van der Waals surface area contributed by atoms with Gasteiger partial charge in [-0.3, -0.25) is 19.2 Å². The third kappa shape index (κ3) is 3.29. The zero-order chi connectivity index (χ0) is 14.1. The molecule has 0 saturated heterocycles. The minimum atomic E-state index is -0.209. The van der Waals surface area contributed by atoms with Crippen LogP contribution >= 0.6 is 0 Å². The first-order chi connectivity index (χ1) is 8.74. The number of aromatic amines is 1. The second-order valence-corrected chi connectivity index (χ2v) is 2.90. The molecule has 0 saturated carbocycles. The molecular weight excluding hydrogens is 228 g/mol. The molecule has 2 aromatic rings. The predicted octanol–water partition coefficient (Wildman–Crippen LogP) is 3.11. The second kappa shape index (κ2) is 8.22. The van der Waals surface area contributed by atoms with Crippen LogP contribution in [-0.4, -0.2) is 20.6 Å². The Balaban J connectivity index is 0.000000659. The number of nitrogens with one attached hydrogen (secondary N) is 1. The van der Waals surface area contributed by atoms with Gasteiger partial charge in [0.15, 0.2) is 0 Å². The molecule has 0 aliphatic carbocycles. The van der Waals surface area contributed by atoms with Gasteiger partial charge in [-0.15, -0.1) is 0 Å². The van der Waals surface area contributed by atoms with Gasteiger partial charge in [0.25, 0.3) is 5.56 Å². The molecule has 0 atom stereocenters. The zero-order valence-electron chi connectivity index (χ0n) is 12.0. The van der Waals surface area contributed by atoms with Crippen LogP contribution in [0.3, 0.4) is 0 Å². The van der Waals surface area contributed by atoms with E-state index >= 15 is 0 Å². The van der Waals surface area contributed by atoms with Gasteiger partial charge in [-0.25, -0.2) is 4.98 Å². The summed E-state index contributed by atoms with van der Waals surface area (Å²) in [7, 11) is 0. The summed E-state index contributed by atoms with van der Waals surface area (Å²) in [6.45, 7) is 11.6. The fourth-order valence-corrected chi connectivity index (χ4v) is 1.39. The summed E-state index contributed by atoms with van der Waals surface area (Å²) in [5.74, 6) is 0.544. The molecule has 0 bridgehead atoms. The first-order valence-corrected chi connectivity index (χ1v) is 6.28. The summed E-state index contributed by atoms with van der Waals surface area (Å²) >= 11 is 0. The van der Waals surface area contributed by atoms with Crippen LogP contribution in [0.4, 0.5) is 5.69 Å². The van der Waals surface area contributed by atoms with Gasteiger partial charge >= 0.3 is 0 Å². The van der Waals surface area contributed by atoms with Gasteiger partial charge in [-0.2, -0.15) is 0 Å². The topological polar surface area (TPSA) is 62.5 Å².